The minimum Gasteiger partial charge on any atom is -0.436 e. The van der Waals surface area contributed by atoms with Crippen LogP contribution in [0, 0.1) is 11.6 Å². The minimum atomic E-state index is -1.06. The molecule has 1 heterocycles. The second-order valence-electron chi connectivity index (χ2n) is 5.76. The molecule has 1 N–H and O–H groups in total. The van der Waals surface area contributed by atoms with Crippen molar-refractivity contribution in [2.24, 2.45) is 0 Å². The van der Waals surface area contributed by atoms with Gasteiger partial charge in [-0.05, 0) is 23.8 Å². The first-order valence-electron chi connectivity index (χ1n) is 6.55. The highest BCUT2D eigenvalue weighted by Gasteiger charge is 2.18. The number of aromatic nitrogens is 1. The minimum absolute atomic E-state index is 0.121. The Morgan fingerprint density at radius 1 is 1.19 bits per heavy atom. The van der Waals surface area contributed by atoms with Crippen LogP contribution >= 0.6 is 0 Å². The van der Waals surface area contributed by atoms with E-state index in [1.54, 1.807) is 6.07 Å². The molecule has 0 spiro atoms. The zero-order valence-electron chi connectivity index (χ0n) is 12.2. The predicted molar refractivity (Wildman–Crippen MR) is 75.3 cm³/mol. The molecule has 3 nitrogen and oxygen atoms in total. The van der Waals surface area contributed by atoms with Crippen LogP contribution in [0.15, 0.2) is 30.3 Å². The van der Waals surface area contributed by atoms with Crippen molar-refractivity contribution in [2.75, 3.05) is 0 Å². The number of ether oxygens (including phenoxy) is 1. The van der Waals surface area contributed by atoms with Crippen LogP contribution in [0.1, 0.15) is 32.0 Å². The van der Waals surface area contributed by atoms with E-state index in [0.29, 0.717) is 11.3 Å². The van der Waals surface area contributed by atoms with Crippen molar-refractivity contribution in [3.63, 3.8) is 0 Å². The Morgan fingerprint density at radius 2 is 1.90 bits per heavy atom. The van der Waals surface area contributed by atoms with Crippen molar-refractivity contribution >= 4 is 0 Å². The third-order valence-corrected chi connectivity index (χ3v) is 2.94. The maximum absolute atomic E-state index is 13.6. The van der Waals surface area contributed by atoms with Gasteiger partial charge in [-0.25, -0.2) is 9.37 Å². The van der Waals surface area contributed by atoms with Crippen molar-refractivity contribution in [1.82, 2.24) is 4.98 Å². The van der Waals surface area contributed by atoms with Crippen molar-refractivity contribution in [1.29, 1.82) is 0 Å². The zero-order chi connectivity index (χ0) is 15.6. The van der Waals surface area contributed by atoms with Crippen LogP contribution in [-0.4, -0.2) is 10.1 Å². The molecule has 112 valence electrons. The van der Waals surface area contributed by atoms with E-state index >= 15 is 0 Å². The SMILES string of the molecule is CC(C)(C)c1cc(CO)cc(Oc2cccc(F)c2F)n1. The number of hydrogen-bond donors (Lipinski definition) is 1. The average molecular weight is 293 g/mol. The average Bonchev–Trinajstić information content (AvgIpc) is 2.42. The number of nitrogens with zero attached hydrogens (tertiary/aromatic N) is 1. The summed E-state index contributed by atoms with van der Waals surface area (Å²) < 4.78 is 32.1. The Hall–Kier alpha value is -2.01. The van der Waals surface area contributed by atoms with E-state index < -0.39 is 11.6 Å². The number of hydrogen-bond acceptors (Lipinski definition) is 3. The van der Waals surface area contributed by atoms with Gasteiger partial charge in [-0.1, -0.05) is 26.8 Å². The molecule has 1 aromatic carbocycles. The largest absolute Gasteiger partial charge is 0.436 e. The molecule has 5 heteroatoms. The maximum Gasteiger partial charge on any atom is 0.219 e. The summed E-state index contributed by atoms with van der Waals surface area (Å²) in [5.41, 5.74) is 1.03. The molecular weight excluding hydrogens is 276 g/mol. The zero-order valence-corrected chi connectivity index (χ0v) is 12.2. The van der Waals surface area contributed by atoms with Gasteiger partial charge >= 0.3 is 0 Å². The third-order valence-electron chi connectivity index (χ3n) is 2.94. The molecule has 0 atom stereocenters. The lowest BCUT2D eigenvalue weighted by atomic mass is 9.91. The lowest BCUT2D eigenvalue weighted by Gasteiger charge is -2.19. The van der Waals surface area contributed by atoms with E-state index in [-0.39, 0.29) is 23.7 Å². The van der Waals surface area contributed by atoms with E-state index in [1.807, 2.05) is 20.8 Å². The summed E-state index contributed by atoms with van der Waals surface area (Å²) in [5, 5.41) is 9.30. The molecule has 0 radical (unpaired) electrons. The van der Waals surface area contributed by atoms with Crippen LogP contribution in [0.25, 0.3) is 0 Å². The van der Waals surface area contributed by atoms with Gasteiger partial charge in [0.25, 0.3) is 0 Å². The van der Waals surface area contributed by atoms with E-state index in [1.165, 1.54) is 18.2 Å². The molecule has 21 heavy (non-hydrogen) atoms. The van der Waals surface area contributed by atoms with Gasteiger partial charge in [0.2, 0.25) is 11.7 Å². The summed E-state index contributed by atoms with van der Waals surface area (Å²) in [6.45, 7) is 5.70. The monoisotopic (exact) mass is 293 g/mol. The number of aliphatic hydroxyl groups is 1. The molecular formula is C16H17F2NO2. The van der Waals surface area contributed by atoms with Gasteiger partial charge in [-0.15, -0.1) is 0 Å². The summed E-state index contributed by atoms with van der Waals surface area (Å²) in [5.74, 6) is -2.17. The molecule has 2 aromatic rings. The first-order chi connectivity index (χ1) is 9.81. The van der Waals surface area contributed by atoms with Crippen molar-refractivity contribution in [3.05, 3.63) is 53.2 Å². The van der Waals surface area contributed by atoms with E-state index in [4.69, 9.17) is 4.74 Å². The second kappa shape index (κ2) is 5.77. The Bertz CT molecular complexity index is 651. The van der Waals surface area contributed by atoms with Crippen molar-refractivity contribution in [2.45, 2.75) is 32.8 Å². The van der Waals surface area contributed by atoms with E-state index in [2.05, 4.69) is 4.98 Å². The number of aliphatic hydroxyl groups excluding tert-OH is 1. The summed E-state index contributed by atoms with van der Waals surface area (Å²) in [7, 11) is 0. The maximum atomic E-state index is 13.6. The Balaban J connectivity index is 2.42. The highest BCUT2D eigenvalue weighted by atomic mass is 19.2. The summed E-state index contributed by atoms with van der Waals surface area (Å²) >= 11 is 0. The molecule has 0 saturated heterocycles. The van der Waals surface area contributed by atoms with Crippen LogP contribution < -0.4 is 4.74 Å². The first-order valence-corrected chi connectivity index (χ1v) is 6.55. The lowest BCUT2D eigenvalue weighted by Crippen LogP contribution is -2.14. The molecule has 1 aromatic heterocycles. The molecule has 0 aliphatic heterocycles. The van der Waals surface area contributed by atoms with Crippen LogP contribution in [0.2, 0.25) is 0 Å². The van der Waals surface area contributed by atoms with Crippen molar-refractivity contribution < 1.29 is 18.6 Å². The summed E-state index contributed by atoms with van der Waals surface area (Å²) in [6.07, 6.45) is 0. The number of halogens is 2. The molecule has 0 fully saturated rings. The van der Waals surface area contributed by atoms with Gasteiger partial charge in [0.1, 0.15) is 0 Å². The molecule has 0 saturated carbocycles. The summed E-state index contributed by atoms with van der Waals surface area (Å²) in [6, 6.07) is 6.95. The molecule has 2 rings (SSSR count). The molecule has 0 amide bonds. The second-order valence-corrected chi connectivity index (χ2v) is 5.76. The van der Waals surface area contributed by atoms with Gasteiger partial charge in [0.05, 0.1) is 12.3 Å². The van der Waals surface area contributed by atoms with E-state index in [0.717, 1.165) is 6.07 Å². The Labute approximate surface area is 122 Å². The smallest absolute Gasteiger partial charge is 0.219 e. The predicted octanol–water partition coefficient (Wildman–Crippen LogP) is 3.94. The van der Waals surface area contributed by atoms with Gasteiger partial charge in [0, 0.05) is 11.5 Å². The molecule has 0 bridgehead atoms. The Kier molecular flexibility index (Phi) is 4.23. The van der Waals surface area contributed by atoms with Crippen LogP contribution in [0.5, 0.6) is 11.6 Å². The first kappa shape index (κ1) is 15.4. The quantitative estimate of drug-likeness (QED) is 0.932. The number of benzene rings is 1. The fourth-order valence-electron chi connectivity index (χ4n) is 1.76. The van der Waals surface area contributed by atoms with Gasteiger partial charge in [-0.2, -0.15) is 4.39 Å². The molecule has 0 aliphatic rings. The normalized spacial score (nSPS) is 11.5. The van der Waals surface area contributed by atoms with Gasteiger partial charge in [-0.3, -0.25) is 0 Å². The highest BCUT2D eigenvalue weighted by molar-refractivity contribution is 5.33. The van der Waals surface area contributed by atoms with Crippen LogP contribution in [0.4, 0.5) is 8.78 Å². The van der Waals surface area contributed by atoms with E-state index in [9.17, 15) is 13.9 Å². The fourth-order valence-corrected chi connectivity index (χ4v) is 1.76. The molecule has 0 unspecified atom stereocenters. The Morgan fingerprint density at radius 3 is 2.52 bits per heavy atom. The van der Waals surface area contributed by atoms with Crippen LogP contribution in [0.3, 0.4) is 0 Å². The van der Waals surface area contributed by atoms with Gasteiger partial charge in [0.15, 0.2) is 11.6 Å². The lowest BCUT2D eigenvalue weighted by molar-refractivity contribution is 0.280. The third kappa shape index (κ3) is 3.55. The van der Waals surface area contributed by atoms with Crippen LogP contribution in [-0.2, 0) is 12.0 Å². The number of rotatable bonds is 3. The van der Waals surface area contributed by atoms with Gasteiger partial charge < -0.3 is 9.84 Å². The topological polar surface area (TPSA) is 42.4 Å². The standard InChI is InChI=1S/C16H17F2NO2/c1-16(2,3)13-7-10(9-20)8-14(19-13)21-12-6-4-5-11(17)15(12)18/h4-8,20H,9H2,1-3H3. The fraction of sp³-hybridized carbons (Fsp3) is 0.312. The van der Waals surface area contributed by atoms with Crippen molar-refractivity contribution in [3.8, 4) is 11.6 Å². The number of pyridine rings is 1. The highest BCUT2D eigenvalue weighted by Crippen LogP contribution is 2.28. The summed E-state index contributed by atoms with van der Waals surface area (Å²) in [4.78, 5) is 4.30. The molecule has 0 aliphatic carbocycles.